The molecule has 84 valence electrons. The van der Waals surface area contributed by atoms with Gasteiger partial charge in [-0.1, -0.05) is 39.8 Å². The van der Waals surface area contributed by atoms with E-state index in [0.717, 1.165) is 18.4 Å². The normalized spacial score (nSPS) is 11.7. The molecule has 1 rings (SSSR count). The molecule has 0 aromatic heterocycles. The Hall–Kier alpha value is -0.980. The molecular weight excluding hydrogens is 184 g/mol. The van der Waals surface area contributed by atoms with Crippen molar-refractivity contribution in [2.45, 2.75) is 47.0 Å². The van der Waals surface area contributed by atoms with Crippen molar-refractivity contribution in [3.63, 3.8) is 0 Å². The highest BCUT2D eigenvalue weighted by atomic mass is 16.3. The first-order valence-corrected chi connectivity index (χ1v) is 5.73. The number of phenolic OH excluding ortho intramolecular Hbond substituents is 1. The third-order valence-corrected chi connectivity index (χ3v) is 2.69. The fraction of sp³-hybridized carbons (Fsp3) is 0.571. The van der Waals surface area contributed by atoms with Gasteiger partial charge in [0.1, 0.15) is 5.75 Å². The molecule has 0 unspecified atom stereocenters. The molecule has 0 bridgehead atoms. The van der Waals surface area contributed by atoms with Gasteiger partial charge in [0.05, 0.1) is 0 Å². The highest BCUT2D eigenvalue weighted by Gasteiger charge is 2.10. The molecule has 1 aromatic carbocycles. The van der Waals surface area contributed by atoms with E-state index >= 15 is 0 Å². The van der Waals surface area contributed by atoms with Gasteiger partial charge in [-0.25, -0.2) is 0 Å². The van der Waals surface area contributed by atoms with E-state index in [0.29, 0.717) is 11.2 Å². The second kappa shape index (κ2) is 4.69. The first-order chi connectivity index (χ1) is 6.92. The van der Waals surface area contributed by atoms with Gasteiger partial charge in [0, 0.05) is 0 Å². The van der Waals surface area contributed by atoms with Gasteiger partial charge < -0.3 is 5.11 Å². The number of phenols is 1. The topological polar surface area (TPSA) is 20.2 Å². The van der Waals surface area contributed by atoms with Crippen molar-refractivity contribution in [2.75, 3.05) is 0 Å². The van der Waals surface area contributed by atoms with Gasteiger partial charge in [0.25, 0.3) is 0 Å². The minimum absolute atomic E-state index is 0.379. The Labute approximate surface area is 93.1 Å². The molecule has 1 N–H and O–H groups in total. The van der Waals surface area contributed by atoms with Crippen LogP contribution in [0.4, 0.5) is 0 Å². The van der Waals surface area contributed by atoms with E-state index in [1.54, 1.807) is 0 Å². The van der Waals surface area contributed by atoms with Crippen LogP contribution < -0.4 is 0 Å². The molecule has 0 saturated carbocycles. The van der Waals surface area contributed by atoms with E-state index in [2.05, 4.69) is 33.8 Å². The number of rotatable bonds is 3. The SMILES string of the molecule is CCc1cc(CCC(C)(C)C)ccc1O. The lowest BCUT2D eigenvalue weighted by Gasteiger charge is -2.18. The quantitative estimate of drug-likeness (QED) is 0.794. The van der Waals surface area contributed by atoms with Crippen LogP contribution in [0.1, 0.15) is 45.2 Å². The van der Waals surface area contributed by atoms with Crippen molar-refractivity contribution in [2.24, 2.45) is 5.41 Å². The summed E-state index contributed by atoms with van der Waals surface area (Å²) in [6.45, 7) is 8.85. The highest BCUT2D eigenvalue weighted by Crippen LogP contribution is 2.24. The number of aromatic hydroxyl groups is 1. The zero-order valence-corrected chi connectivity index (χ0v) is 10.3. The Kier molecular flexibility index (Phi) is 3.78. The van der Waals surface area contributed by atoms with Crippen molar-refractivity contribution < 1.29 is 5.11 Å². The van der Waals surface area contributed by atoms with Gasteiger partial charge in [0.15, 0.2) is 0 Å². The van der Waals surface area contributed by atoms with Crippen molar-refractivity contribution in [1.29, 1.82) is 0 Å². The minimum Gasteiger partial charge on any atom is -0.508 e. The smallest absolute Gasteiger partial charge is 0.118 e. The molecule has 0 aliphatic carbocycles. The summed E-state index contributed by atoms with van der Waals surface area (Å²) >= 11 is 0. The van der Waals surface area contributed by atoms with Gasteiger partial charge in [-0.05, 0) is 41.9 Å². The Morgan fingerprint density at radius 1 is 1.20 bits per heavy atom. The summed E-state index contributed by atoms with van der Waals surface area (Å²) in [7, 11) is 0. The van der Waals surface area contributed by atoms with Gasteiger partial charge in [0.2, 0.25) is 0 Å². The molecular formula is C14H22O. The van der Waals surface area contributed by atoms with Crippen LogP contribution >= 0.6 is 0 Å². The van der Waals surface area contributed by atoms with Crippen LogP contribution in [-0.4, -0.2) is 5.11 Å². The standard InChI is InChI=1S/C14H22O/c1-5-12-10-11(6-7-13(12)15)8-9-14(2,3)4/h6-7,10,15H,5,8-9H2,1-4H3. The summed E-state index contributed by atoms with van der Waals surface area (Å²) in [4.78, 5) is 0. The second-order valence-electron chi connectivity index (χ2n) is 5.38. The van der Waals surface area contributed by atoms with Crippen LogP contribution in [0.2, 0.25) is 0 Å². The van der Waals surface area contributed by atoms with E-state index < -0.39 is 0 Å². The van der Waals surface area contributed by atoms with Crippen LogP contribution in [0.5, 0.6) is 5.75 Å². The number of aryl methyl sites for hydroxylation is 2. The van der Waals surface area contributed by atoms with E-state index in [9.17, 15) is 5.11 Å². The molecule has 1 aromatic rings. The first kappa shape index (κ1) is 12.1. The van der Waals surface area contributed by atoms with E-state index in [-0.39, 0.29) is 0 Å². The highest BCUT2D eigenvalue weighted by molar-refractivity contribution is 5.36. The Morgan fingerprint density at radius 3 is 2.40 bits per heavy atom. The summed E-state index contributed by atoms with van der Waals surface area (Å²) in [5.74, 6) is 0.428. The number of benzene rings is 1. The molecule has 1 heteroatoms. The van der Waals surface area contributed by atoms with Crippen molar-refractivity contribution >= 4 is 0 Å². The molecule has 0 amide bonds. The summed E-state index contributed by atoms with van der Waals surface area (Å²) in [6.07, 6.45) is 3.17. The fourth-order valence-electron chi connectivity index (χ4n) is 1.60. The first-order valence-electron chi connectivity index (χ1n) is 5.73. The average molecular weight is 206 g/mol. The zero-order valence-electron chi connectivity index (χ0n) is 10.3. The average Bonchev–Trinajstić information content (AvgIpc) is 2.15. The number of hydrogen-bond donors (Lipinski definition) is 1. The molecule has 15 heavy (non-hydrogen) atoms. The Morgan fingerprint density at radius 2 is 1.87 bits per heavy atom. The number of hydrogen-bond acceptors (Lipinski definition) is 1. The van der Waals surface area contributed by atoms with Gasteiger partial charge in [-0.15, -0.1) is 0 Å². The summed E-state index contributed by atoms with van der Waals surface area (Å²) in [5, 5.41) is 9.56. The maximum atomic E-state index is 9.56. The lowest BCUT2D eigenvalue weighted by atomic mass is 9.88. The lowest BCUT2D eigenvalue weighted by molar-refractivity contribution is 0.378. The maximum absolute atomic E-state index is 9.56. The van der Waals surface area contributed by atoms with Crippen molar-refractivity contribution in [1.82, 2.24) is 0 Å². The van der Waals surface area contributed by atoms with E-state index in [4.69, 9.17) is 0 Å². The van der Waals surface area contributed by atoms with Crippen LogP contribution in [0, 0.1) is 5.41 Å². The molecule has 0 atom stereocenters. The molecule has 0 heterocycles. The Balaban J connectivity index is 2.70. The molecule has 0 saturated heterocycles. The Bertz CT molecular complexity index is 321. The predicted molar refractivity (Wildman–Crippen MR) is 65.3 cm³/mol. The molecule has 0 spiro atoms. The zero-order chi connectivity index (χ0) is 11.5. The minimum atomic E-state index is 0.379. The summed E-state index contributed by atoms with van der Waals surface area (Å²) < 4.78 is 0. The molecule has 1 nitrogen and oxygen atoms in total. The summed E-state index contributed by atoms with van der Waals surface area (Å²) in [6, 6.07) is 5.97. The molecule has 0 aliphatic rings. The molecule has 0 aliphatic heterocycles. The maximum Gasteiger partial charge on any atom is 0.118 e. The van der Waals surface area contributed by atoms with Crippen LogP contribution in [0.3, 0.4) is 0 Å². The summed E-state index contributed by atoms with van der Waals surface area (Å²) in [5.41, 5.74) is 2.77. The monoisotopic (exact) mass is 206 g/mol. The fourth-order valence-corrected chi connectivity index (χ4v) is 1.60. The molecule has 0 fully saturated rings. The second-order valence-corrected chi connectivity index (χ2v) is 5.38. The largest absolute Gasteiger partial charge is 0.508 e. The van der Waals surface area contributed by atoms with Crippen LogP contribution in [0.15, 0.2) is 18.2 Å². The van der Waals surface area contributed by atoms with E-state index in [1.807, 2.05) is 12.1 Å². The van der Waals surface area contributed by atoms with Gasteiger partial charge in [-0.3, -0.25) is 0 Å². The predicted octanol–water partition coefficient (Wildman–Crippen LogP) is 3.93. The third-order valence-electron chi connectivity index (χ3n) is 2.69. The lowest BCUT2D eigenvalue weighted by Crippen LogP contribution is -2.06. The third kappa shape index (κ3) is 3.94. The van der Waals surface area contributed by atoms with Crippen LogP contribution in [0.25, 0.3) is 0 Å². The van der Waals surface area contributed by atoms with Gasteiger partial charge in [-0.2, -0.15) is 0 Å². The van der Waals surface area contributed by atoms with Crippen molar-refractivity contribution in [3.05, 3.63) is 29.3 Å². The molecule has 0 radical (unpaired) electrons. The van der Waals surface area contributed by atoms with Gasteiger partial charge >= 0.3 is 0 Å². The van der Waals surface area contributed by atoms with Crippen molar-refractivity contribution in [3.8, 4) is 5.75 Å². The van der Waals surface area contributed by atoms with E-state index in [1.165, 1.54) is 12.0 Å². The van der Waals surface area contributed by atoms with Crippen LogP contribution in [-0.2, 0) is 12.8 Å².